The maximum atomic E-state index is 9.31. The summed E-state index contributed by atoms with van der Waals surface area (Å²) in [6, 6.07) is 12.3. The van der Waals surface area contributed by atoms with E-state index in [-0.39, 0.29) is 12.7 Å². The van der Waals surface area contributed by atoms with Gasteiger partial charge in [0.25, 0.3) is 0 Å². The van der Waals surface area contributed by atoms with Crippen LogP contribution >= 0.6 is 0 Å². The second-order valence-electron chi connectivity index (χ2n) is 7.84. The number of rotatable bonds is 5. The van der Waals surface area contributed by atoms with Crippen LogP contribution in [0.5, 0.6) is 5.88 Å². The van der Waals surface area contributed by atoms with Gasteiger partial charge in [0.2, 0.25) is 5.88 Å². The van der Waals surface area contributed by atoms with E-state index in [0.29, 0.717) is 11.8 Å². The molecular formula is C22H25N5O2. The van der Waals surface area contributed by atoms with E-state index in [1.165, 1.54) is 0 Å². The normalized spacial score (nSPS) is 18.1. The molecule has 150 valence electrons. The molecule has 3 aromatic rings. The minimum atomic E-state index is 0.0907. The summed E-state index contributed by atoms with van der Waals surface area (Å²) in [4.78, 5) is 18.2. The Morgan fingerprint density at radius 1 is 0.931 bits per heavy atom. The van der Waals surface area contributed by atoms with Gasteiger partial charge in [-0.05, 0) is 37.0 Å². The summed E-state index contributed by atoms with van der Waals surface area (Å²) < 4.78 is 6.05. The van der Waals surface area contributed by atoms with Gasteiger partial charge < -0.3 is 19.6 Å². The zero-order valence-corrected chi connectivity index (χ0v) is 16.3. The minimum Gasteiger partial charge on any atom is -0.469 e. The first-order chi connectivity index (χ1) is 14.3. The largest absolute Gasteiger partial charge is 0.469 e. The number of hydrogen-bond donors (Lipinski definition) is 1. The average Bonchev–Trinajstić information content (AvgIpc) is 2.76. The highest BCUT2D eigenvalue weighted by Crippen LogP contribution is 2.26. The van der Waals surface area contributed by atoms with Crippen LogP contribution < -0.4 is 14.5 Å². The topological polar surface area (TPSA) is 74.6 Å². The summed E-state index contributed by atoms with van der Waals surface area (Å²) in [7, 11) is 0. The summed E-state index contributed by atoms with van der Waals surface area (Å²) in [6.45, 7) is 3.65. The van der Waals surface area contributed by atoms with Gasteiger partial charge in [-0.1, -0.05) is 18.2 Å². The lowest BCUT2D eigenvalue weighted by atomic mass is 9.98. The summed E-state index contributed by atoms with van der Waals surface area (Å²) in [5.74, 6) is 2.81. The van der Waals surface area contributed by atoms with Gasteiger partial charge in [0.05, 0.1) is 31.0 Å². The molecule has 0 radical (unpaired) electrons. The van der Waals surface area contributed by atoms with Crippen molar-refractivity contribution in [2.75, 3.05) is 42.6 Å². The van der Waals surface area contributed by atoms with Gasteiger partial charge in [-0.25, -0.2) is 4.98 Å². The molecule has 2 fully saturated rings. The Morgan fingerprint density at radius 3 is 2.59 bits per heavy atom. The van der Waals surface area contributed by atoms with Crippen LogP contribution in [0.2, 0.25) is 0 Å². The van der Waals surface area contributed by atoms with E-state index in [1.54, 1.807) is 12.4 Å². The molecule has 0 amide bonds. The number of anilines is 2. The van der Waals surface area contributed by atoms with Crippen LogP contribution in [-0.4, -0.2) is 58.9 Å². The van der Waals surface area contributed by atoms with Gasteiger partial charge in [0, 0.05) is 25.1 Å². The molecule has 5 rings (SSSR count). The molecule has 29 heavy (non-hydrogen) atoms. The highest BCUT2D eigenvalue weighted by atomic mass is 16.5. The van der Waals surface area contributed by atoms with E-state index in [4.69, 9.17) is 9.72 Å². The van der Waals surface area contributed by atoms with Gasteiger partial charge in [0.1, 0.15) is 11.9 Å². The Hall–Kier alpha value is -2.93. The third-order valence-corrected chi connectivity index (χ3v) is 5.84. The standard InChI is InChI=1S/C22H25N5O2/c28-15-16-7-9-26(10-8-16)21-11-23-12-22(25-21)29-18-13-27(14-18)20-6-5-17-3-1-2-4-19(17)24-20/h1-6,11-12,16,18,28H,7-10,13-15H2. The monoisotopic (exact) mass is 391 g/mol. The molecule has 0 spiro atoms. The molecule has 1 aromatic carbocycles. The van der Waals surface area contributed by atoms with Crippen LogP contribution in [-0.2, 0) is 0 Å². The lowest BCUT2D eigenvalue weighted by molar-refractivity contribution is 0.159. The fraction of sp³-hybridized carbons (Fsp3) is 0.409. The number of nitrogens with zero attached hydrogens (tertiary/aromatic N) is 5. The molecule has 7 nitrogen and oxygen atoms in total. The van der Waals surface area contributed by atoms with E-state index in [9.17, 15) is 5.11 Å². The van der Waals surface area contributed by atoms with Gasteiger partial charge in [-0.15, -0.1) is 0 Å². The highest BCUT2D eigenvalue weighted by Gasteiger charge is 2.30. The molecular weight excluding hydrogens is 366 g/mol. The first-order valence-electron chi connectivity index (χ1n) is 10.2. The van der Waals surface area contributed by atoms with E-state index >= 15 is 0 Å². The lowest BCUT2D eigenvalue weighted by Crippen LogP contribution is -2.54. The molecule has 2 aliphatic heterocycles. The smallest absolute Gasteiger partial charge is 0.234 e. The van der Waals surface area contributed by atoms with Crippen molar-refractivity contribution in [2.45, 2.75) is 18.9 Å². The summed E-state index contributed by atoms with van der Waals surface area (Å²) in [6.07, 6.45) is 5.53. The van der Waals surface area contributed by atoms with E-state index < -0.39 is 0 Å². The molecule has 0 saturated carbocycles. The van der Waals surface area contributed by atoms with Crippen LogP contribution in [0.1, 0.15) is 12.8 Å². The predicted octanol–water partition coefficient (Wildman–Crippen LogP) is 2.50. The maximum Gasteiger partial charge on any atom is 0.234 e. The lowest BCUT2D eigenvalue weighted by Gasteiger charge is -2.39. The highest BCUT2D eigenvalue weighted by molar-refractivity contribution is 5.80. The predicted molar refractivity (Wildman–Crippen MR) is 112 cm³/mol. The first kappa shape index (κ1) is 18.1. The summed E-state index contributed by atoms with van der Waals surface area (Å²) in [5.41, 5.74) is 1.01. The van der Waals surface area contributed by atoms with E-state index in [2.05, 4.69) is 38.0 Å². The van der Waals surface area contributed by atoms with E-state index in [1.807, 2.05) is 18.2 Å². The number of fused-ring (bicyclic) bond motifs is 1. The van der Waals surface area contributed by atoms with Crippen molar-refractivity contribution in [1.29, 1.82) is 0 Å². The van der Waals surface area contributed by atoms with Crippen molar-refractivity contribution in [3.63, 3.8) is 0 Å². The number of hydrogen-bond acceptors (Lipinski definition) is 7. The number of aliphatic hydroxyl groups is 1. The summed E-state index contributed by atoms with van der Waals surface area (Å²) >= 11 is 0. The van der Waals surface area contributed by atoms with Crippen molar-refractivity contribution in [3.8, 4) is 5.88 Å². The fourth-order valence-electron chi connectivity index (χ4n) is 3.99. The van der Waals surface area contributed by atoms with Gasteiger partial charge >= 0.3 is 0 Å². The van der Waals surface area contributed by atoms with Crippen molar-refractivity contribution in [3.05, 3.63) is 48.8 Å². The Balaban J connectivity index is 1.19. The number of aromatic nitrogens is 3. The third-order valence-electron chi connectivity index (χ3n) is 5.84. The fourth-order valence-corrected chi connectivity index (χ4v) is 3.99. The second-order valence-corrected chi connectivity index (χ2v) is 7.84. The molecule has 0 aliphatic carbocycles. The number of para-hydroxylation sites is 1. The zero-order chi connectivity index (χ0) is 19.6. The number of pyridine rings is 1. The van der Waals surface area contributed by atoms with Crippen LogP contribution in [0.25, 0.3) is 10.9 Å². The molecule has 2 aliphatic rings. The van der Waals surface area contributed by atoms with Crippen molar-refractivity contribution < 1.29 is 9.84 Å². The molecule has 0 atom stereocenters. The minimum absolute atomic E-state index is 0.0907. The van der Waals surface area contributed by atoms with Crippen LogP contribution in [0.15, 0.2) is 48.8 Å². The SMILES string of the molecule is OCC1CCN(c2cncc(OC3CN(c4ccc5ccccc5n4)C3)n2)CC1. The van der Waals surface area contributed by atoms with Gasteiger partial charge in [0.15, 0.2) is 5.82 Å². The molecule has 0 bridgehead atoms. The molecule has 2 saturated heterocycles. The average molecular weight is 391 g/mol. The zero-order valence-electron chi connectivity index (χ0n) is 16.3. The first-order valence-corrected chi connectivity index (χ1v) is 10.2. The second kappa shape index (κ2) is 7.83. The maximum absolute atomic E-state index is 9.31. The van der Waals surface area contributed by atoms with Crippen molar-refractivity contribution in [2.24, 2.45) is 5.92 Å². The molecule has 7 heteroatoms. The molecule has 1 N–H and O–H groups in total. The number of aliphatic hydroxyl groups excluding tert-OH is 1. The molecule has 0 unspecified atom stereocenters. The third kappa shape index (κ3) is 3.82. The Bertz CT molecular complexity index is 984. The van der Waals surface area contributed by atoms with Gasteiger partial charge in [-0.3, -0.25) is 4.98 Å². The Morgan fingerprint density at radius 2 is 1.76 bits per heavy atom. The molecule has 2 aromatic heterocycles. The summed E-state index contributed by atoms with van der Waals surface area (Å²) in [5, 5.41) is 10.5. The van der Waals surface area contributed by atoms with Crippen LogP contribution in [0, 0.1) is 5.92 Å². The quantitative estimate of drug-likeness (QED) is 0.716. The van der Waals surface area contributed by atoms with E-state index in [0.717, 1.165) is 61.6 Å². The Labute approximate surface area is 170 Å². The van der Waals surface area contributed by atoms with Crippen molar-refractivity contribution in [1.82, 2.24) is 15.0 Å². The van der Waals surface area contributed by atoms with Gasteiger partial charge in [-0.2, -0.15) is 4.98 Å². The molecule has 4 heterocycles. The number of ether oxygens (including phenoxy) is 1. The Kier molecular flexibility index (Phi) is 4.89. The number of piperidine rings is 1. The van der Waals surface area contributed by atoms with Crippen LogP contribution in [0.4, 0.5) is 11.6 Å². The number of benzene rings is 1. The van der Waals surface area contributed by atoms with Crippen molar-refractivity contribution >= 4 is 22.5 Å². The van der Waals surface area contributed by atoms with Crippen LogP contribution in [0.3, 0.4) is 0 Å².